The first-order chi connectivity index (χ1) is 6.65. The molecule has 1 rings (SSSR count). The van der Waals surface area contributed by atoms with E-state index in [1.807, 2.05) is 0 Å². The quantitative estimate of drug-likeness (QED) is 0.571. The molecule has 0 aliphatic rings. The molecule has 0 radical (unpaired) electrons. The lowest BCUT2D eigenvalue weighted by molar-refractivity contribution is 1.27. The molecular formula is C13H17I. The van der Waals surface area contributed by atoms with Crippen LogP contribution in [0.2, 0.25) is 0 Å². The number of hydrogen-bond acceptors (Lipinski definition) is 0. The lowest BCUT2D eigenvalue weighted by atomic mass is 10.0. The number of aryl methyl sites for hydroxylation is 3. The summed E-state index contributed by atoms with van der Waals surface area (Å²) in [5, 5.41) is 0. The normalized spacial score (nSPS) is 11.1. The Morgan fingerprint density at radius 2 is 1.71 bits per heavy atom. The molecule has 0 saturated heterocycles. The van der Waals surface area contributed by atoms with Gasteiger partial charge in [-0.3, -0.25) is 0 Å². The molecule has 0 aliphatic carbocycles. The van der Waals surface area contributed by atoms with Crippen LogP contribution in [0.25, 0.3) is 6.08 Å². The highest BCUT2D eigenvalue weighted by molar-refractivity contribution is 14.1. The van der Waals surface area contributed by atoms with Gasteiger partial charge in [-0.05, 0) is 49.4 Å². The lowest BCUT2D eigenvalue weighted by Crippen LogP contribution is -1.87. The minimum atomic E-state index is 1.16. The monoisotopic (exact) mass is 300 g/mol. The van der Waals surface area contributed by atoms with Gasteiger partial charge in [0, 0.05) is 4.43 Å². The van der Waals surface area contributed by atoms with E-state index in [4.69, 9.17) is 0 Å². The molecule has 0 atom stereocenters. The van der Waals surface area contributed by atoms with Gasteiger partial charge in [0.05, 0.1) is 0 Å². The first-order valence-electron chi connectivity index (χ1n) is 4.95. The molecule has 0 aromatic heterocycles. The molecule has 0 saturated carbocycles. The highest BCUT2D eigenvalue weighted by atomic mass is 127. The molecule has 1 heteroatoms. The molecule has 0 nitrogen and oxygen atoms in total. The van der Waals surface area contributed by atoms with E-state index in [1.54, 1.807) is 0 Å². The SMILES string of the molecule is Cc1cc(C)c(/C=C\CCI)cc1C. The van der Waals surface area contributed by atoms with Gasteiger partial charge in [0.15, 0.2) is 0 Å². The van der Waals surface area contributed by atoms with Crippen molar-refractivity contribution in [2.24, 2.45) is 0 Å². The number of benzene rings is 1. The van der Waals surface area contributed by atoms with E-state index in [0.29, 0.717) is 0 Å². The van der Waals surface area contributed by atoms with Crippen LogP contribution in [0.5, 0.6) is 0 Å². The van der Waals surface area contributed by atoms with Crippen LogP contribution in [0, 0.1) is 20.8 Å². The molecule has 1 aromatic carbocycles. The number of hydrogen-bond donors (Lipinski definition) is 0. The smallest absolute Gasteiger partial charge is 0.00300 e. The third-order valence-corrected chi connectivity index (χ3v) is 3.08. The molecule has 0 heterocycles. The number of halogens is 1. The first kappa shape index (κ1) is 11.8. The minimum Gasteiger partial charge on any atom is -0.0860 e. The van der Waals surface area contributed by atoms with Crippen molar-refractivity contribution < 1.29 is 0 Å². The average Bonchev–Trinajstić information content (AvgIpc) is 2.14. The summed E-state index contributed by atoms with van der Waals surface area (Å²) in [6, 6.07) is 4.54. The second-order valence-electron chi connectivity index (χ2n) is 3.67. The Hall–Kier alpha value is -0.310. The fraction of sp³-hybridized carbons (Fsp3) is 0.385. The number of alkyl halides is 1. The van der Waals surface area contributed by atoms with Crippen molar-refractivity contribution in [3.8, 4) is 0 Å². The van der Waals surface area contributed by atoms with Gasteiger partial charge in [-0.25, -0.2) is 0 Å². The Morgan fingerprint density at radius 1 is 1.07 bits per heavy atom. The Labute approximate surface area is 101 Å². The molecule has 0 N–H and O–H groups in total. The average molecular weight is 300 g/mol. The van der Waals surface area contributed by atoms with Crippen molar-refractivity contribution in [1.29, 1.82) is 0 Å². The van der Waals surface area contributed by atoms with Crippen molar-refractivity contribution in [3.63, 3.8) is 0 Å². The maximum absolute atomic E-state index is 2.40. The van der Waals surface area contributed by atoms with Gasteiger partial charge < -0.3 is 0 Å². The van der Waals surface area contributed by atoms with Crippen molar-refractivity contribution in [3.05, 3.63) is 40.5 Å². The van der Waals surface area contributed by atoms with E-state index in [0.717, 1.165) is 6.42 Å². The van der Waals surface area contributed by atoms with Crippen LogP contribution in [-0.4, -0.2) is 4.43 Å². The number of rotatable bonds is 3. The highest BCUT2D eigenvalue weighted by Gasteiger charge is 1.97. The molecule has 1 aromatic rings. The van der Waals surface area contributed by atoms with Gasteiger partial charge in [0.25, 0.3) is 0 Å². The maximum atomic E-state index is 2.40. The standard InChI is InChI=1S/C13H17I/c1-10-8-12(3)13(9-11(10)2)6-4-5-7-14/h4,6,8-9H,5,7H2,1-3H3/b6-4-. The zero-order valence-corrected chi connectivity index (χ0v) is 11.3. The van der Waals surface area contributed by atoms with E-state index >= 15 is 0 Å². The Kier molecular flexibility index (Phi) is 4.66. The summed E-state index contributed by atoms with van der Waals surface area (Å²) in [4.78, 5) is 0. The van der Waals surface area contributed by atoms with Crippen molar-refractivity contribution in [2.45, 2.75) is 27.2 Å². The van der Waals surface area contributed by atoms with Gasteiger partial charge in [-0.1, -0.05) is 46.9 Å². The molecule has 14 heavy (non-hydrogen) atoms. The van der Waals surface area contributed by atoms with E-state index in [1.165, 1.54) is 26.7 Å². The Bertz CT molecular complexity index is 337. The molecule has 0 fully saturated rings. The Morgan fingerprint density at radius 3 is 2.36 bits per heavy atom. The summed E-state index contributed by atoms with van der Waals surface area (Å²) >= 11 is 2.40. The van der Waals surface area contributed by atoms with Crippen LogP contribution >= 0.6 is 22.6 Å². The highest BCUT2D eigenvalue weighted by Crippen LogP contribution is 2.16. The zero-order valence-electron chi connectivity index (χ0n) is 9.10. The van der Waals surface area contributed by atoms with E-state index < -0.39 is 0 Å². The molecule has 0 unspecified atom stereocenters. The Balaban J connectivity index is 2.92. The van der Waals surface area contributed by atoms with Crippen LogP contribution in [0.4, 0.5) is 0 Å². The predicted molar refractivity (Wildman–Crippen MR) is 73.2 cm³/mol. The summed E-state index contributed by atoms with van der Waals surface area (Å²) in [5.41, 5.74) is 5.49. The van der Waals surface area contributed by atoms with E-state index in [9.17, 15) is 0 Å². The van der Waals surface area contributed by atoms with E-state index in [-0.39, 0.29) is 0 Å². The van der Waals surface area contributed by atoms with Crippen LogP contribution in [-0.2, 0) is 0 Å². The summed E-state index contributed by atoms with van der Waals surface area (Å²) < 4.78 is 1.19. The molecule has 0 bridgehead atoms. The fourth-order valence-corrected chi connectivity index (χ4v) is 1.80. The van der Waals surface area contributed by atoms with Gasteiger partial charge in [-0.2, -0.15) is 0 Å². The largest absolute Gasteiger partial charge is 0.0860 e. The first-order valence-corrected chi connectivity index (χ1v) is 6.48. The maximum Gasteiger partial charge on any atom is 0.00300 e. The summed E-state index contributed by atoms with van der Waals surface area (Å²) in [5.74, 6) is 0. The fourth-order valence-electron chi connectivity index (χ4n) is 1.44. The molecular weight excluding hydrogens is 283 g/mol. The van der Waals surface area contributed by atoms with Gasteiger partial charge in [-0.15, -0.1) is 0 Å². The van der Waals surface area contributed by atoms with Crippen LogP contribution in [0.3, 0.4) is 0 Å². The minimum absolute atomic E-state index is 1.16. The van der Waals surface area contributed by atoms with E-state index in [2.05, 4.69) is 67.6 Å². The van der Waals surface area contributed by atoms with Crippen molar-refractivity contribution in [2.75, 3.05) is 4.43 Å². The molecule has 0 aliphatic heterocycles. The predicted octanol–water partition coefficient (Wildman–Crippen LogP) is 4.45. The summed E-state index contributed by atoms with van der Waals surface area (Å²) in [6.07, 6.45) is 5.65. The van der Waals surface area contributed by atoms with Crippen LogP contribution in [0.15, 0.2) is 18.2 Å². The van der Waals surface area contributed by atoms with Gasteiger partial charge in [0.1, 0.15) is 0 Å². The third kappa shape index (κ3) is 3.12. The lowest BCUT2D eigenvalue weighted by Gasteiger charge is -2.05. The van der Waals surface area contributed by atoms with Gasteiger partial charge in [0.2, 0.25) is 0 Å². The van der Waals surface area contributed by atoms with Crippen molar-refractivity contribution in [1.82, 2.24) is 0 Å². The number of allylic oxidation sites excluding steroid dienone is 1. The van der Waals surface area contributed by atoms with Gasteiger partial charge >= 0.3 is 0 Å². The van der Waals surface area contributed by atoms with Crippen molar-refractivity contribution >= 4 is 28.7 Å². The molecule has 76 valence electrons. The second kappa shape index (κ2) is 5.54. The third-order valence-electron chi connectivity index (χ3n) is 2.46. The molecule has 0 amide bonds. The zero-order chi connectivity index (χ0) is 10.6. The van der Waals surface area contributed by atoms with Crippen LogP contribution < -0.4 is 0 Å². The van der Waals surface area contributed by atoms with Crippen LogP contribution in [0.1, 0.15) is 28.7 Å². The summed E-state index contributed by atoms with van der Waals surface area (Å²) in [6.45, 7) is 6.52. The molecule has 0 spiro atoms. The topological polar surface area (TPSA) is 0 Å². The second-order valence-corrected chi connectivity index (χ2v) is 4.75. The summed E-state index contributed by atoms with van der Waals surface area (Å²) in [7, 11) is 0.